The summed E-state index contributed by atoms with van der Waals surface area (Å²) in [7, 11) is 0. The summed E-state index contributed by atoms with van der Waals surface area (Å²) in [5.74, 6) is -0.442. The zero-order chi connectivity index (χ0) is 23.5. The van der Waals surface area contributed by atoms with Crippen molar-refractivity contribution in [2.45, 2.75) is 45.0 Å². The van der Waals surface area contributed by atoms with Crippen molar-refractivity contribution in [2.75, 3.05) is 0 Å². The highest BCUT2D eigenvalue weighted by Crippen LogP contribution is 2.42. The van der Waals surface area contributed by atoms with Crippen LogP contribution < -0.4 is 5.32 Å². The van der Waals surface area contributed by atoms with E-state index in [9.17, 15) is 10.1 Å². The molecule has 2 aromatic rings. The maximum absolute atomic E-state index is 13.2. The lowest BCUT2D eigenvalue weighted by Crippen LogP contribution is -2.32. The number of nitriles is 1. The van der Waals surface area contributed by atoms with Crippen LogP contribution in [-0.4, -0.2) is 11.6 Å². The quantitative estimate of drug-likeness (QED) is 0.462. The van der Waals surface area contributed by atoms with Gasteiger partial charge in [-0.3, -0.25) is 0 Å². The Labute approximate surface area is 203 Å². The number of hydrogen-bond donors (Lipinski definition) is 1. The molecule has 0 fully saturated rings. The van der Waals surface area contributed by atoms with E-state index in [2.05, 4.69) is 11.4 Å². The second-order valence-electron chi connectivity index (χ2n) is 8.38. The molecule has 0 unspecified atom stereocenters. The first-order valence-electron chi connectivity index (χ1n) is 10.1. The SMILES string of the molecule is CC1=C(C(=O)OC(C)(C)C)[C@@H](c2ccc(Cl)cc2)C(C#N)=C(SCc2ccccc2Cl)N1. The van der Waals surface area contributed by atoms with Crippen LogP contribution in [0.3, 0.4) is 0 Å². The van der Waals surface area contributed by atoms with E-state index in [1.54, 1.807) is 12.1 Å². The normalized spacial score (nSPS) is 16.5. The number of halogens is 2. The van der Waals surface area contributed by atoms with Crippen molar-refractivity contribution >= 4 is 40.9 Å². The van der Waals surface area contributed by atoms with Gasteiger partial charge in [0.25, 0.3) is 0 Å². The van der Waals surface area contributed by atoms with Crippen LogP contribution in [0.1, 0.15) is 44.7 Å². The molecule has 4 nitrogen and oxygen atoms in total. The number of dihydropyridines is 1. The molecule has 3 rings (SSSR count). The fourth-order valence-electron chi connectivity index (χ4n) is 3.38. The monoisotopic (exact) mass is 486 g/mol. The number of ether oxygens (including phenoxy) is 1. The number of thioether (sulfide) groups is 1. The van der Waals surface area contributed by atoms with Gasteiger partial charge in [-0.15, -0.1) is 11.8 Å². The standard InChI is InChI=1S/C25H24Cl2N2O2S/c1-15-21(24(30)31-25(2,3)4)22(16-9-11-18(26)12-10-16)19(13-28)23(29-15)32-14-17-7-5-6-8-20(17)27/h5-12,22,29H,14H2,1-4H3/t22-/m0/s1. The van der Waals surface area contributed by atoms with Gasteiger partial charge in [0.1, 0.15) is 5.60 Å². The number of allylic oxidation sites excluding steroid dienone is 2. The highest BCUT2D eigenvalue weighted by Gasteiger charge is 2.36. The maximum Gasteiger partial charge on any atom is 0.337 e. The Morgan fingerprint density at radius 1 is 1.16 bits per heavy atom. The van der Waals surface area contributed by atoms with E-state index in [1.165, 1.54) is 11.8 Å². The van der Waals surface area contributed by atoms with E-state index < -0.39 is 17.5 Å². The van der Waals surface area contributed by atoms with Gasteiger partial charge in [0.05, 0.1) is 28.2 Å². The summed E-state index contributed by atoms with van der Waals surface area (Å²) in [6.45, 7) is 7.28. The van der Waals surface area contributed by atoms with Crippen LogP contribution in [0, 0.1) is 11.3 Å². The van der Waals surface area contributed by atoms with Crippen molar-refractivity contribution in [2.24, 2.45) is 0 Å². The van der Waals surface area contributed by atoms with Gasteiger partial charge in [0.15, 0.2) is 0 Å². The molecule has 1 heterocycles. The molecule has 2 aromatic carbocycles. The number of nitrogens with one attached hydrogen (secondary N) is 1. The Hall–Kier alpha value is -2.39. The zero-order valence-electron chi connectivity index (χ0n) is 18.3. The van der Waals surface area contributed by atoms with Crippen molar-refractivity contribution in [3.05, 3.63) is 91.6 Å². The van der Waals surface area contributed by atoms with E-state index >= 15 is 0 Å². The van der Waals surface area contributed by atoms with Crippen LogP contribution in [0.4, 0.5) is 0 Å². The number of rotatable bonds is 5. The topological polar surface area (TPSA) is 62.1 Å². The predicted molar refractivity (Wildman–Crippen MR) is 131 cm³/mol. The van der Waals surface area contributed by atoms with Gasteiger partial charge in [0.2, 0.25) is 0 Å². The first kappa shape index (κ1) is 24.3. The Balaban J connectivity index is 2.04. The van der Waals surface area contributed by atoms with Crippen LogP contribution in [-0.2, 0) is 15.3 Å². The molecule has 1 aliphatic rings. The summed E-state index contributed by atoms with van der Waals surface area (Å²) in [5.41, 5.74) is 2.62. The highest BCUT2D eigenvalue weighted by atomic mass is 35.5. The van der Waals surface area contributed by atoms with Crippen molar-refractivity contribution in [1.29, 1.82) is 5.26 Å². The molecule has 0 spiro atoms. The summed E-state index contributed by atoms with van der Waals surface area (Å²) in [4.78, 5) is 13.2. The van der Waals surface area contributed by atoms with Gasteiger partial charge in [-0.25, -0.2) is 4.79 Å². The Bertz CT molecular complexity index is 1130. The Morgan fingerprint density at radius 3 is 2.41 bits per heavy atom. The van der Waals surface area contributed by atoms with Gasteiger partial charge >= 0.3 is 5.97 Å². The van der Waals surface area contributed by atoms with Crippen LogP contribution >= 0.6 is 35.0 Å². The summed E-state index contributed by atoms with van der Waals surface area (Å²) in [5, 5.41) is 15.3. The van der Waals surface area contributed by atoms with Gasteiger partial charge in [-0.1, -0.05) is 53.5 Å². The smallest absolute Gasteiger partial charge is 0.337 e. The Morgan fingerprint density at radius 2 is 1.81 bits per heavy atom. The number of carbonyl (C=O) groups is 1. The van der Waals surface area contributed by atoms with E-state index in [0.717, 1.165) is 11.1 Å². The molecule has 166 valence electrons. The molecule has 0 amide bonds. The molecule has 0 aromatic heterocycles. The molecule has 1 atom stereocenters. The van der Waals surface area contributed by atoms with Gasteiger partial charge in [-0.05, 0) is 57.0 Å². The minimum absolute atomic E-state index is 0.417. The van der Waals surface area contributed by atoms with Crippen LogP contribution in [0.5, 0.6) is 0 Å². The third kappa shape index (κ3) is 5.69. The zero-order valence-corrected chi connectivity index (χ0v) is 20.7. The van der Waals surface area contributed by atoms with Crippen LogP contribution in [0.25, 0.3) is 0 Å². The van der Waals surface area contributed by atoms with Crippen molar-refractivity contribution < 1.29 is 9.53 Å². The number of esters is 1. The molecule has 1 aliphatic heterocycles. The van der Waals surface area contributed by atoms with Gasteiger partial charge in [-0.2, -0.15) is 5.26 Å². The number of hydrogen-bond acceptors (Lipinski definition) is 5. The van der Waals surface area contributed by atoms with E-state index in [-0.39, 0.29) is 0 Å². The molecule has 7 heteroatoms. The summed E-state index contributed by atoms with van der Waals surface area (Å²) in [6, 6.07) is 17.1. The molecule has 1 N–H and O–H groups in total. The second-order valence-corrected chi connectivity index (χ2v) is 10.2. The van der Waals surface area contributed by atoms with Gasteiger partial charge in [0, 0.05) is 21.5 Å². The lowest BCUT2D eigenvalue weighted by molar-refractivity contribution is -0.150. The number of carbonyl (C=O) groups excluding carboxylic acids is 1. The van der Waals surface area contributed by atoms with E-state index in [1.807, 2.05) is 64.1 Å². The molecule has 0 saturated heterocycles. The van der Waals surface area contributed by atoms with E-state index in [0.29, 0.717) is 37.7 Å². The summed E-state index contributed by atoms with van der Waals surface area (Å²) in [6.07, 6.45) is 0. The molecule has 0 aliphatic carbocycles. The number of benzene rings is 2. The molecule has 0 radical (unpaired) electrons. The van der Waals surface area contributed by atoms with Crippen molar-refractivity contribution in [3.8, 4) is 6.07 Å². The van der Waals surface area contributed by atoms with Crippen molar-refractivity contribution in [3.63, 3.8) is 0 Å². The fourth-order valence-corrected chi connectivity index (χ4v) is 4.89. The minimum Gasteiger partial charge on any atom is -0.457 e. The third-order valence-electron chi connectivity index (χ3n) is 4.80. The average molecular weight is 487 g/mol. The van der Waals surface area contributed by atoms with Gasteiger partial charge < -0.3 is 10.1 Å². The molecular formula is C25H24Cl2N2O2S. The second kappa shape index (κ2) is 10.0. The minimum atomic E-state index is -0.662. The van der Waals surface area contributed by atoms with E-state index in [4.69, 9.17) is 27.9 Å². The third-order valence-corrected chi connectivity index (χ3v) is 6.49. The lowest BCUT2D eigenvalue weighted by Gasteiger charge is -2.31. The predicted octanol–water partition coefficient (Wildman–Crippen LogP) is 6.96. The lowest BCUT2D eigenvalue weighted by atomic mass is 9.82. The maximum atomic E-state index is 13.2. The molecular weight excluding hydrogens is 463 g/mol. The molecule has 0 saturated carbocycles. The largest absolute Gasteiger partial charge is 0.457 e. The summed E-state index contributed by atoms with van der Waals surface area (Å²) >= 11 is 13.9. The molecule has 32 heavy (non-hydrogen) atoms. The van der Waals surface area contributed by atoms with Crippen LogP contribution in [0.2, 0.25) is 10.0 Å². The first-order valence-corrected chi connectivity index (χ1v) is 11.8. The number of nitrogens with zero attached hydrogens (tertiary/aromatic N) is 1. The Kier molecular flexibility index (Phi) is 7.61. The summed E-state index contributed by atoms with van der Waals surface area (Å²) < 4.78 is 5.68. The van der Waals surface area contributed by atoms with Crippen molar-refractivity contribution in [1.82, 2.24) is 5.32 Å². The fraction of sp³-hybridized carbons (Fsp3) is 0.280. The molecule has 0 bridgehead atoms. The highest BCUT2D eigenvalue weighted by molar-refractivity contribution is 8.02. The first-order chi connectivity index (χ1) is 15.1. The van der Waals surface area contributed by atoms with Crippen LogP contribution in [0.15, 0.2) is 70.4 Å². The average Bonchev–Trinajstić information content (AvgIpc) is 2.72.